The molecule has 0 saturated carbocycles. The quantitative estimate of drug-likeness (QED) is 0.394. The van der Waals surface area contributed by atoms with Crippen LogP contribution in [0, 0.1) is 18.6 Å². The highest BCUT2D eigenvalue weighted by Gasteiger charge is 2.15. The average molecular weight is 467 g/mol. The first-order chi connectivity index (χ1) is 16.4. The molecule has 0 fully saturated rings. The zero-order chi connectivity index (χ0) is 24.1. The van der Waals surface area contributed by atoms with E-state index in [-0.39, 0.29) is 30.4 Å². The summed E-state index contributed by atoms with van der Waals surface area (Å²) >= 11 is 0. The summed E-state index contributed by atoms with van der Waals surface area (Å²) in [4.78, 5) is 28.4. The Labute approximate surface area is 192 Å². The molecule has 0 unspecified atom stereocenters. The number of carbonyl (C=O) groups excluding carboxylic acids is 2. The van der Waals surface area contributed by atoms with E-state index in [2.05, 4.69) is 20.6 Å². The van der Waals surface area contributed by atoms with Gasteiger partial charge in [-0.25, -0.2) is 13.5 Å². The lowest BCUT2D eigenvalue weighted by Gasteiger charge is -2.09. The maximum Gasteiger partial charge on any atom is 0.306 e. The number of aryl methyl sites for hydroxylation is 2. The normalized spacial score (nSPS) is 10.8. The number of hydrogen-bond acceptors (Lipinski definition) is 7. The van der Waals surface area contributed by atoms with Gasteiger partial charge in [-0.05, 0) is 55.5 Å². The zero-order valence-electron chi connectivity index (χ0n) is 18.0. The van der Waals surface area contributed by atoms with E-state index in [0.29, 0.717) is 22.8 Å². The number of rotatable bonds is 8. The van der Waals surface area contributed by atoms with Crippen molar-refractivity contribution in [1.29, 1.82) is 0 Å². The Hall–Kier alpha value is -4.41. The van der Waals surface area contributed by atoms with Crippen LogP contribution in [0.25, 0.3) is 17.1 Å². The summed E-state index contributed by atoms with van der Waals surface area (Å²) in [6.45, 7) is 1.24. The van der Waals surface area contributed by atoms with Crippen molar-refractivity contribution in [2.45, 2.75) is 19.8 Å². The van der Waals surface area contributed by atoms with Crippen molar-refractivity contribution < 1.29 is 27.6 Å². The molecule has 11 heteroatoms. The van der Waals surface area contributed by atoms with Gasteiger partial charge in [0.2, 0.25) is 11.7 Å². The van der Waals surface area contributed by atoms with Crippen LogP contribution in [-0.2, 0) is 20.7 Å². The third-order valence-electron chi connectivity index (χ3n) is 4.65. The molecule has 2 heterocycles. The number of nitrogens with one attached hydrogen (secondary N) is 1. The van der Waals surface area contributed by atoms with Crippen molar-refractivity contribution >= 4 is 17.7 Å². The zero-order valence-corrected chi connectivity index (χ0v) is 18.0. The third-order valence-corrected chi connectivity index (χ3v) is 4.65. The van der Waals surface area contributed by atoms with E-state index >= 15 is 0 Å². The van der Waals surface area contributed by atoms with Crippen molar-refractivity contribution in [3.63, 3.8) is 0 Å². The van der Waals surface area contributed by atoms with E-state index in [1.54, 1.807) is 13.0 Å². The summed E-state index contributed by atoms with van der Waals surface area (Å²) in [5.41, 5.74) is 1.77. The predicted octanol–water partition coefficient (Wildman–Crippen LogP) is 3.62. The molecular weight excluding hydrogens is 448 g/mol. The fourth-order valence-electron chi connectivity index (χ4n) is 3.05. The standard InChI is InChI=1S/C23H19F2N5O4/c1-14-12-19(30(28-14)18-8-6-17(25)7-9-18)26-20(31)13-33-22(32)11-10-21-27-23(29-34-21)15-2-4-16(24)5-3-15/h2-9,12H,10-11,13H2,1H3,(H,26,31). The van der Waals surface area contributed by atoms with Gasteiger partial charge in [0.1, 0.15) is 17.5 Å². The number of ether oxygens (including phenoxy) is 1. The molecule has 0 aliphatic heterocycles. The number of carbonyl (C=O) groups is 2. The highest BCUT2D eigenvalue weighted by atomic mass is 19.1. The molecule has 0 saturated heterocycles. The Morgan fingerprint density at radius 2 is 1.74 bits per heavy atom. The molecule has 0 aliphatic rings. The number of amides is 1. The molecule has 4 rings (SSSR count). The Bertz CT molecular complexity index is 1300. The Kier molecular flexibility index (Phi) is 6.72. The van der Waals surface area contributed by atoms with Crippen molar-refractivity contribution in [3.8, 4) is 17.1 Å². The van der Waals surface area contributed by atoms with Gasteiger partial charge in [-0.15, -0.1) is 0 Å². The highest BCUT2D eigenvalue weighted by Crippen LogP contribution is 2.18. The Balaban J connectivity index is 1.27. The molecule has 9 nitrogen and oxygen atoms in total. The molecule has 1 amide bonds. The number of nitrogens with zero attached hydrogens (tertiary/aromatic N) is 4. The molecule has 174 valence electrons. The fraction of sp³-hybridized carbons (Fsp3) is 0.174. The van der Waals surface area contributed by atoms with Gasteiger partial charge in [0, 0.05) is 18.1 Å². The summed E-state index contributed by atoms with van der Waals surface area (Å²) in [7, 11) is 0. The van der Waals surface area contributed by atoms with Gasteiger partial charge >= 0.3 is 5.97 Å². The molecule has 4 aromatic rings. The average Bonchev–Trinajstić information content (AvgIpc) is 3.44. The molecule has 0 atom stereocenters. The van der Waals surface area contributed by atoms with Crippen LogP contribution in [0.1, 0.15) is 18.0 Å². The predicted molar refractivity (Wildman–Crippen MR) is 116 cm³/mol. The van der Waals surface area contributed by atoms with Crippen LogP contribution >= 0.6 is 0 Å². The lowest BCUT2D eigenvalue weighted by molar-refractivity contribution is -0.147. The van der Waals surface area contributed by atoms with Crippen LogP contribution in [0.2, 0.25) is 0 Å². The topological polar surface area (TPSA) is 112 Å². The van der Waals surface area contributed by atoms with Crippen molar-refractivity contribution in [1.82, 2.24) is 19.9 Å². The first-order valence-electron chi connectivity index (χ1n) is 10.2. The van der Waals surface area contributed by atoms with Crippen molar-refractivity contribution in [2.75, 3.05) is 11.9 Å². The monoisotopic (exact) mass is 467 g/mol. The summed E-state index contributed by atoms with van der Waals surface area (Å²) < 4.78 is 37.8. The minimum Gasteiger partial charge on any atom is -0.456 e. The smallest absolute Gasteiger partial charge is 0.306 e. The first-order valence-corrected chi connectivity index (χ1v) is 10.2. The highest BCUT2D eigenvalue weighted by molar-refractivity contribution is 5.92. The minimum absolute atomic E-state index is 0.0784. The fourth-order valence-corrected chi connectivity index (χ4v) is 3.05. The van der Waals surface area contributed by atoms with Crippen molar-refractivity contribution in [3.05, 3.63) is 77.8 Å². The second kappa shape index (κ2) is 10.0. The summed E-state index contributed by atoms with van der Waals surface area (Å²) in [5.74, 6) is -1.13. The SMILES string of the molecule is Cc1cc(NC(=O)COC(=O)CCc2nc(-c3ccc(F)cc3)no2)n(-c2ccc(F)cc2)n1. The summed E-state index contributed by atoms with van der Waals surface area (Å²) in [5, 5.41) is 10.7. The molecule has 2 aromatic carbocycles. The van der Waals surface area contributed by atoms with Gasteiger partial charge in [-0.1, -0.05) is 5.16 Å². The van der Waals surface area contributed by atoms with Gasteiger partial charge in [0.05, 0.1) is 17.8 Å². The number of benzene rings is 2. The maximum atomic E-state index is 13.2. The van der Waals surface area contributed by atoms with Gasteiger partial charge in [0.15, 0.2) is 6.61 Å². The number of esters is 1. The van der Waals surface area contributed by atoms with Gasteiger partial charge in [0.25, 0.3) is 5.91 Å². The van der Waals surface area contributed by atoms with Crippen molar-refractivity contribution in [2.24, 2.45) is 0 Å². The lowest BCUT2D eigenvalue weighted by atomic mass is 10.2. The number of halogens is 2. The molecule has 0 aliphatic carbocycles. The minimum atomic E-state index is -0.625. The van der Waals surface area contributed by atoms with Gasteiger partial charge < -0.3 is 14.6 Å². The Morgan fingerprint density at radius 3 is 2.44 bits per heavy atom. The lowest BCUT2D eigenvalue weighted by Crippen LogP contribution is -2.22. The van der Waals surface area contributed by atoms with Crippen LogP contribution in [0.5, 0.6) is 0 Å². The molecule has 0 spiro atoms. The van der Waals surface area contributed by atoms with Crippen LogP contribution in [0.15, 0.2) is 59.1 Å². The largest absolute Gasteiger partial charge is 0.456 e. The van der Waals surface area contributed by atoms with Gasteiger partial charge in [-0.2, -0.15) is 10.1 Å². The number of aromatic nitrogens is 4. The van der Waals surface area contributed by atoms with E-state index in [1.165, 1.54) is 53.2 Å². The van der Waals surface area contributed by atoms with E-state index in [9.17, 15) is 18.4 Å². The van der Waals surface area contributed by atoms with E-state index in [1.807, 2.05) is 0 Å². The molecule has 1 N–H and O–H groups in total. The summed E-state index contributed by atoms with van der Waals surface area (Å²) in [6.07, 6.45) is 0.0378. The van der Waals surface area contributed by atoms with Crippen LogP contribution in [0.4, 0.5) is 14.6 Å². The molecular formula is C23H19F2N5O4. The van der Waals surface area contributed by atoms with E-state index in [4.69, 9.17) is 9.26 Å². The Morgan fingerprint density at radius 1 is 1.06 bits per heavy atom. The second-order valence-electron chi connectivity index (χ2n) is 7.29. The van der Waals surface area contributed by atoms with Gasteiger partial charge in [-0.3, -0.25) is 9.59 Å². The molecule has 0 bridgehead atoms. The molecule has 34 heavy (non-hydrogen) atoms. The third kappa shape index (κ3) is 5.68. The molecule has 2 aromatic heterocycles. The first kappa shape index (κ1) is 22.8. The number of anilines is 1. The van der Waals surface area contributed by atoms with E-state index in [0.717, 1.165) is 0 Å². The van der Waals surface area contributed by atoms with Crippen LogP contribution in [-0.4, -0.2) is 38.4 Å². The van der Waals surface area contributed by atoms with Crippen LogP contribution < -0.4 is 5.32 Å². The maximum absolute atomic E-state index is 13.2. The second-order valence-corrected chi connectivity index (χ2v) is 7.29. The number of hydrogen-bond donors (Lipinski definition) is 1. The molecule has 0 radical (unpaired) electrons. The van der Waals surface area contributed by atoms with Crippen LogP contribution in [0.3, 0.4) is 0 Å². The summed E-state index contributed by atoms with van der Waals surface area (Å²) in [6, 6.07) is 12.8. The van der Waals surface area contributed by atoms with E-state index < -0.39 is 24.3 Å².